The van der Waals surface area contributed by atoms with Gasteiger partial charge in [-0.05, 0) is 30.9 Å². The number of aliphatic hydroxyl groups is 1. The molecule has 146 valence electrons. The minimum absolute atomic E-state index is 0.0780. The number of likely N-dealkylation sites (tertiary alicyclic amines) is 1. The fraction of sp³-hybridized carbons (Fsp3) is 0.389. The van der Waals surface area contributed by atoms with Gasteiger partial charge in [0.2, 0.25) is 0 Å². The first-order valence-corrected chi connectivity index (χ1v) is 9.14. The van der Waals surface area contributed by atoms with E-state index in [0.717, 1.165) is 0 Å². The van der Waals surface area contributed by atoms with Crippen LogP contribution in [0.2, 0.25) is 0 Å². The number of anilines is 1. The van der Waals surface area contributed by atoms with Gasteiger partial charge in [-0.2, -0.15) is 5.10 Å². The number of aromatic nitrogens is 6. The number of aliphatic hydroxyl groups excluding tert-OH is 1. The summed E-state index contributed by atoms with van der Waals surface area (Å²) in [4.78, 5) is 26.9. The summed E-state index contributed by atoms with van der Waals surface area (Å²) in [6.45, 7) is 1.13. The van der Waals surface area contributed by atoms with Gasteiger partial charge in [-0.3, -0.25) is 0 Å². The van der Waals surface area contributed by atoms with Crippen molar-refractivity contribution in [3.8, 4) is 5.82 Å². The minimum Gasteiger partial charge on any atom is -0.385 e. The Bertz CT molecular complexity index is 931. The van der Waals surface area contributed by atoms with Crippen molar-refractivity contribution in [3.63, 3.8) is 0 Å². The number of urea groups is 1. The largest absolute Gasteiger partial charge is 0.385 e. The number of amides is 2. The van der Waals surface area contributed by atoms with Crippen LogP contribution in [0.15, 0.2) is 43.4 Å². The molecule has 28 heavy (non-hydrogen) atoms. The monoisotopic (exact) mass is 382 g/mol. The van der Waals surface area contributed by atoms with Gasteiger partial charge < -0.3 is 19.9 Å². The predicted molar refractivity (Wildman–Crippen MR) is 101 cm³/mol. The fourth-order valence-corrected chi connectivity index (χ4v) is 3.48. The Morgan fingerprint density at radius 2 is 2.11 bits per heavy atom. The minimum atomic E-state index is -0.623. The fourth-order valence-electron chi connectivity index (χ4n) is 3.48. The summed E-state index contributed by atoms with van der Waals surface area (Å²) in [5.41, 5.74) is 0.563. The lowest BCUT2D eigenvalue weighted by Gasteiger charge is -2.34. The molecule has 1 fully saturated rings. The van der Waals surface area contributed by atoms with Crippen molar-refractivity contribution in [1.82, 2.24) is 34.2 Å². The normalized spacial score (nSPS) is 16.1. The Morgan fingerprint density at radius 1 is 1.29 bits per heavy atom. The highest BCUT2D eigenvalue weighted by molar-refractivity contribution is 5.91. The van der Waals surface area contributed by atoms with Gasteiger partial charge in [-0.1, -0.05) is 0 Å². The summed E-state index contributed by atoms with van der Waals surface area (Å²) in [5, 5.41) is 17.6. The molecule has 10 nitrogen and oxygen atoms in total. The second kappa shape index (κ2) is 7.77. The number of nitrogens with one attached hydrogen (secondary N) is 1. The number of imidazole rings is 1. The van der Waals surface area contributed by atoms with Crippen LogP contribution in [0.4, 0.5) is 10.5 Å². The average Bonchev–Trinajstić information content (AvgIpc) is 3.40. The van der Waals surface area contributed by atoms with E-state index < -0.39 is 6.10 Å². The van der Waals surface area contributed by atoms with E-state index in [2.05, 4.69) is 25.4 Å². The van der Waals surface area contributed by atoms with Crippen molar-refractivity contribution in [2.75, 3.05) is 18.4 Å². The molecule has 3 aromatic heterocycles. The third kappa shape index (κ3) is 3.58. The standard InChI is InChI=1S/C18H22N8O2/c1-24-10-7-21-17(24)15(27)13-4-8-25(9-5-13)18(28)23-14-3-2-6-20-16(14)26-12-19-11-22-26/h2-3,6-7,10-13,15,27H,4-5,8-9H2,1H3,(H,23,28). The maximum absolute atomic E-state index is 12.7. The van der Waals surface area contributed by atoms with Crippen LogP contribution < -0.4 is 5.32 Å². The second-order valence-electron chi connectivity index (χ2n) is 6.81. The first-order chi connectivity index (χ1) is 13.6. The predicted octanol–water partition coefficient (Wildman–Crippen LogP) is 1.37. The number of piperidine rings is 1. The van der Waals surface area contributed by atoms with Crippen LogP contribution in [-0.2, 0) is 7.05 Å². The molecule has 0 spiro atoms. The number of hydrogen-bond donors (Lipinski definition) is 2. The molecular weight excluding hydrogens is 360 g/mol. The van der Waals surface area contributed by atoms with Crippen LogP contribution in [0.1, 0.15) is 24.8 Å². The van der Waals surface area contributed by atoms with E-state index in [0.29, 0.717) is 43.3 Å². The maximum atomic E-state index is 12.7. The summed E-state index contributed by atoms with van der Waals surface area (Å²) in [7, 11) is 1.87. The smallest absolute Gasteiger partial charge is 0.321 e. The highest BCUT2D eigenvalue weighted by Gasteiger charge is 2.30. The van der Waals surface area contributed by atoms with Gasteiger partial charge in [-0.25, -0.2) is 24.4 Å². The van der Waals surface area contributed by atoms with Crippen molar-refractivity contribution < 1.29 is 9.90 Å². The highest BCUT2D eigenvalue weighted by atomic mass is 16.3. The zero-order valence-electron chi connectivity index (χ0n) is 15.5. The number of hydrogen-bond acceptors (Lipinski definition) is 6. The van der Waals surface area contributed by atoms with Crippen molar-refractivity contribution >= 4 is 11.7 Å². The summed E-state index contributed by atoms with van der Waals surface area (Å²) in [6, 6.07) is 3.34. The van der Waals surface area contributed by atoms with E-state index in [1.807, 2.05) is 17.8 Å². The quantitative estimate of drug-likeness (QED) is 0.704. The molecule has 0 saturated carbocycles. The third-order valence-corrected chi connectivity index (χ3v) is 5.06. The van der Waals surface area contributed by atoms with Crippen LogP contribution in [0.25, 0.3) is 5.82 Å². The molecule has 2 N–H and O–H groups in total. The number of pyridine rings is 1. The molecule has 3 aromatic rings. The van der Waals surface area contributed by atoms with Crippen molar-refractivity contribution in [2.45, 2.75) is 18.9 Å². The number of aryl methyl sites for hydroxylation is 1. The summed E-state index contributed by atoms with van der Waals surface area (Å²) >= 11 is 0. The van der Waals surface area contributed by atoms with Crippen LogP contribution in [-0.4, -0.2) is 58.4 Å². The molecule has 1 aliphatic heterocycles. The van der Waals surface area contributed by atoms with E-state index in [1.165, 1.54) is 17.3 Å². The van der Waals surface area contributed by atoms with Gasteiger partial charge in [0.15, 0.2) is 5.82 Å². The molecule has 0 aliphatic carbocycles. The molecular formula is C18H22N8O2. The van der Waals surface area contributed by atoms with Crippen LogP contribution >= 0.6 is 0 Å². The molecule has 1 atom stereocenters. The average molecular weight is 382 g/mol. The second-order valence-corrected chi connectivity index (χ2v) is 6.81. The first-order valence-electron chi connectivity index (χ1n) is 9.14. The van der Waals surface area contributed by atoms with Gasteiger partial charge in [-0.15, -0.1) is 0 Å². The van der Waals surface area contributed by atoms with Crippen LogP contribution in [0.5, 0.6) is 0 Å². The lowest BCUT2D eigenvalue weighted by Crippen LogP contribution is -2.42. The Balaban J connectivity index is 1.38. The topological polar surface area (TPSA) is 114 Å². The molecule has 4 rings (SSSR count). The van der Waals surface area contributed by atoms with Crippen LogP contribution in [0.3, 0.4) is 0 Å². The zero-order chi connectivity index (χ0) is 19.5. The van der Waals surface area contributed by atoms with Crippen molar-refractivity contribution in [1.29, 1.82) is 0 Å². The summed E-state index contributed by atoms with van der Waals surface area (Å²) in [6.07, 6.45) is 8.89. The molecule has 0 bridgehead atoms. The molecule has 1 saturated heterocycles. The number of rotatable bonds is 4. The molecule has 0 radical (unpaired) electrons. The SMILES string of the molecule is Cn1ccnc1C(O)C1CCN(C(=O)Nc2cccnc2-n2cncn2)CC1. The Labute approximate surface area is 161 Å². The number of carbonyl (C=O) groups is 1. The lowest BCUT2D eigenvalue weighted by atomic mass is 9.91. The van der Waals surface area contributed by atoms with E-state index in [-0.39, 0.29) is 11.9 Å². The first kappa shape index (κ1) is 18.1. The van der Waals surface area contributed by atoms with Crippen LogP contribution in [0, 0.1) is 5.92 Å². The molecule has 1 unspecified atom stereocenters. The van der Waals surface area contributed by atoms with Gasteiger partial charge in [0, 0.05) is 38.7 Å². The van der Waals surface area contributed by atoms with Gasteiger partial charge >= 0.3 is 6.03 Å². The van der Waals surface area contributed by atoms with Gasteiger partial charge in [0.25, 0.3) is 0 Å². The highest BCUT2D eigenvalue weighted by Crippen LogP contribution is 2.30. The van der Waals surface area contributed by atoms with E-state index in [9.17, 15) is 9.90 Å². The third-order valence-electron chi connectivity index (χ3n) is 5.06. The lowest BCUT2D eigenvalue weighted by molar-refractivity contribution is 0.0600. The Hall–Kier alpha value is -3.27. The molecule has 0 aromatic carbocycles. The molecule has 2 amide bonds. The van der Waals surface area contributed by atoms with E-state index >= 15 is 0 Å². The Kier molecular flexibility index (Phi) is 5.02. The summed E-state index contributed by atoms with van der Waals surface area (Å²) < 4.78 is 3.34. The zero-order valence-corrected chi connectivity index (χ0v) is 15.5. The summed E-state index contributed by atoms with van der Waals surface area (Å²) in [5.74, 6) is 1.25. The van der Waals surface area contributed by atoms with E-state index in [1.54, 1.807) is 29.4 Å². The van der Waals surface area contributed by atoms with Gasteiger partial charge in [0.05, 0.1) is 5.69 Å². The Morgan fingerprint density at radius 3 is 2.79 bits per heavy atom. The number of carbonyl (C=O) groups excluding carboxylic acids is 1. The molecule has 4 heterocycles. The van der Waals surface area contributed by atoms with Crippen molar-refractivity contribution in [3.05, 3.63) is 49.2 Å². The van der Waals surface area contributed by atoms with Gasteiger partial charge in [0.1, 0.15) is 24.6 Å². The molecule has 1 aliphatic rings. The maximum Gasteiger partial charge on any atom is 0.321 e. The number of nitrogens with zero attached hydrogens (tertiary/aromatic N) is 7. The van der Waals surface area contributed by atoms with Crippen molar-refractivity contribution in [2.24, 2.45) is 13.0 Å². The van der Waals surface area contributed by atoms with E-state index in [4.69, 9.17) is 0 Å². The molecule has 10 heteroatoms.